The number of piperidine rings is 1. The Morgan fingerprint density at radius 1 is 1.25 bits per heavy atom. The molecule has 0 aromatic rings. The highest BCUT2D eigenvalue weighted by molar-refractivity contribution is 4.88. The first-order chi connectivity index (χ1) is 5.90. The second-order valence-corrected chi connectivity index (χ2v) is 4.15. The van der Waals surface area contributed by atoms with E-state index in [-0.39, 0.29) is 0 Å². The van der Waals surface area contributed by atoms with E-state index in [0.29, 0.717) is 6.10 Å². The van der Waals surface area contributed by atoms with Crippen molar-refractivity contribution in [3.63, 3.8) is 0 Å². The van der Waals surface area contributed by atoms with Crippen LogP contribution >= 0.6 is 0 Å². The van der Waals surface area contributed by atoms with Crippen molar-refractivity contribution in [3.8, 4) is 0 Å². The van der Waals surface area contributed by atoms with Gasteiger partial charge in [-0.2, -0.15) is 0 Å². The molecule has 3 unspecified atom stereocenters. The van der Waals surface area contributed by atoms with Gasteiger partial charge in [0.2, 0.25) is 0 Å². The summed E-state index contributed by atoms with van der Waals surface area (Å²) in [6, 6.07) is 0.810. The van der Waals surface area contributed by atoms with Crippen LogP contribution in [0.15, 0.2) is 0 Å². The van der Waals surface area contributed by atoms with Crippen molar-refractivity contribution in [3.05, 3.63) is 0 Å². The van der Waals surface area contributed by atoms with Crippen LogP contribution in [0.2, 0.25) is 0 Å². The summed E-state index contributed by atoms with van der Waals surface area (Å²) in [5.41, 5.74) is 0. The zero-order chi connectivity index (χ0) is 8.39. The van der Waals surface area contributed by atoms with E-state index in [9.17, 15) is 0 Å². The average Bonchev–Trinajstić information content (AvgIpc) is 2.17. The van der Waals surface area contributed by atoms with Crippen LogP contribution < -0.4 is 5.32 Å². The van der Waals surface area contributed by atoms with Crippen LogP contribution in [0, 0.1) is 5.92 Å². The first-order valence-electron chi connectivity index (χ1n) is 5.16. The highest BCUT2D eigenvalue weighted by atomic mass is 16.5. The molecule has 0 aromatic heterocycles. The monoisotopic (exact) mass is 169 g/mol. The average molecular weight is 169 g/mol. The van der Waals surface area contributed by atoms with Gasteiger partial charge in [-0.15, -0.1) is 0 Å². The summed E-state index contributed by atoms with van der Waals surface area (Å²) in [7, 11) is 1.83. The smallest absolute Gasteiger partial charge is 0.0699 e. The molecule has 2 fully saturated rings. The van der Waals surface area contributed by atoms with E-state index in [0.717, 1.165) is 18.5 Å². The Morgan fingerprint density at radius 3 is 2.92 bits per heavy atom. The molecule has 1 heterocycles. The summed E-state index contributed by atoms with van der Waals surface area (Å²) < 4.78 is 5.38. The van der Waals surface area contributed by atoms with E-state index < -0.39 is 0 Å². The molecule has 0 amide bonds. The molecule has 2 aliphatic rings. The molecule has 1 aliphatic carbocycles. The van der Waals surface area contributed by atoms with Crippen LogP contribution in [0.4, 0.5) is 0 Å². The van der Waals surface area contributed by atoms with E-state index in [2.05, 4.69) is 5.32 Å². The molecule has 1 saturated carbocycles. The van der Waals surface area contributed by atoms with Gasteiger partial charge in [0.25, 0.3) is 0 Å². The molecule has 1 aliphatic heterocycles. The first-order valence-corrected chi connectivity index (χ1v) is 5.16. The number of methoxy groups -OCH3 is 1. The second-order valence-electron chi connectivity index (χ2n) is 4.15. The number of rotatable bonds is 1. The molecular formula is C10H19NO. The summed E-state index contributed by atoms with van der Waals surface area (Å²) in [5.74, 6) is 0.900. The van der Waals surface area contributed by atoms with Gasteiger partial charge in [0.15, 0.2) is 0 Å². The topological polar surface area (TPSA) is 21.3 Å². The Bertz CT molecular complexity index is 149. The van der Waals surface area contributed by atoms with Gasteiger partial charge in [-0.3, -0.25) is 0 Å². The van der Waals surface area contributed by atoms with Gasteiger partial charge >= 0.3 is 0 Å². The van der Waals surface area contributed by atoms with Crippen molar-refractivity contribution in [2.24, 2.45) is 5.92 Å². The summed E-state index contributed by atoms with van der Waals surface area (Å²) >= 11 is 0. The Hall–Kier alpha value is -0.0800. The van der Waals surface area contributed by atoms with Crippen LogP contribution in [-0.4, -0.2) is 25.8 Å². The van der Waals surface area contributed by atoms with Gasteiger partial charge in [-0.1, -0.05) is 12.8 Å². The van der Waals surface area contributed by atoms with E-state index in [1.165, 1.54) is 32.1 Å². The number of hydrogen-bond acceptors (Lipinski definition) is 2. The van der Waals surface area contributed by atoms with Crippen molar-refractivity contribution in [1.82, 2.24) is 5.32 Å². The largest absolute Gasteiger partial charge is 0.380 e. The lowest BCUT2D eigenvalue weighted by Gasteiger charge is -2.39. The Kier molecular flexibility index (Phi) is 2.66. The van der Waals surface area contributed by atoms with Gasteiger partial charge in [0.1, 0.15) is 0 Å². The van der Waals surface area contributed by atoms with E-state index in [1.807, 2.05) is 7.11 Å². The van der Waals surface area contributed by atoms with Gasteiger partial charge in [-0.25, -0.2) is 0 Å². The molecule has 0 aromatic carbocycles. The Balaban J connectivity index is 1.90. The fraction of sp³-hybridized carbons (Fsp3) is 1.00. The molecular weight excluding hydrogens is 150 g/mol. The summed E-state index contributed by atoms with van der Waals surface area (Å²) in [6.07, 6.45) is 7.42. The van der Waals surface area contributed by atoms with Crippen molar-refractivity contribution in [2.45, 2.75) is 44.2 Å². The van der Waals surface area contributed by atoms with Crippen molar-refractivity contribution in [2.75, 3.05) is 13.7 Å². The number of hydrogen-bond donors (Lipinski definition) is 1. The Labute approximate surface area is 74.7 Å². The highest BCUT2D eigenvalue weighted by Gasteiger charge is 2.31. The molecule has 70 valence electrons. The minimum absolute atomic E-state index is 0.476. The van der Waals surface area contributed by atoms with Crippen LogP contribution in [0.5, 0.6) is 0 Å². The lowest BCUT2D eigenvalue weighted by atomic mass is 9.79. The molecule has 12 heavy (non-hydrogen) atoms. The summed E-state index contributed by atoms with van der Waals surface area (Å²) in [4.78, 5) is 0. The van der Waals surface area contributed by atoms with Crippen molar-refractivity contribution >= 4 is 0 Å². The third kappa shape index (κ3) is 1.64. The molecule has 0 spiro atoms. The summed E-state index contributed by atoms with van der Waals surface area (Å²) in [6.45, 7) is 1.07. The predicted octanol–water partition coefficient (Wildman–Crippen LogP) is 1.55. The maximum Gasteiger partial charge on any atom is 0.0699 e. The molecule has 2 nitrogen and oxygen atoms in total. The van der Waals surface area contributed by atoms with E-state index in [4.69, 9.17) is 4.74 Å². The van der Waals surface area contributed by atoms with Crippen LogP contribution in [-0.2, 0) is 4.74 Å². The molecule has 1 N–H and O–H groups in total. The fourth-order valence-electron chi connectivity index (χ4n) is 2.64. The van der Waals surface area contributed by atoms with Gasteiger partial charge in [0, 0.05) is 19.7 Å². The maximum absolute atomic E-state index is 5.38. The van der Waals surface area contributed by atoms with Crippen LogP contribution in [0.3, 0.4) is 0 Å². The second kappa shape index (κ2) is 3.75. The van der Waals surface area contributed by atoms with Gasteiger partial charge in [-0.05, 0) is 25.2 Å². The Morgan fingerprint density at radius 2 is 2.08 bits per heavy atom. The van der Waals surface area contributed by atoms with Gasteiger partial charge < -0.3 is 10.1 Å². The third-order valence-electron chi connectivity index (χ3n) is 3.42. The van der Waals surface area contributed by atoms with Crippen LogP contribution in [0.25, 0.3) is 0 Å². The third-order valence-corrected chi connectivity index (χ3v) is 3.42. The number of nitrogens with one attached hydrogen (secondary N) is 1. The standard InChI is InChI=1S/C10H19NO/c1-12-9-6-8-4-2-3-5-10(8)11-7-9/h8-11H,2-7H2,1H3. The normalized spacial score (nSPS) is 42.2. The predicted molar refractivity (Wildman–Crippen MR) is 49.2 cm³/mol. The van der Waals surface area contributed by atoms with E-state index in [1.54, 1.807) is 0 Å². The molecule has 3 atom stereocenters. The number of ether oxygens (including phenoxy) is 1. The lowest BCUT2D eigenvalue weighted by Crippen LogP contribution is -2.49. The first kappa shape index (κ1) is 8.52. The van der Waals surface area contributed by atoms with Crippen molar-refractivity contribution < 1.29 is 4.74 Å². The quantitative estimate of drug-likeness (QED) is 0.643. The minimum atomic E-state index is 0.476. The molecule has 2 rings (SSSR count). The van der Waals surface area contributed by atoms with E-state index >= 15 is 0 Å². The zero-order valence-electron chi connectivity index (χ0n) is 7.88. The molecule has 1 saturated heterocycles. The van der Waals surface area contributed by atoms with Gasteiger partial charge in [0.05, 0.1) is 6.10 Å². The molecule has 0 radical (unpaired) electrons. The van der Waals surface area contributed by atoms with Crippen LogP contribution in [0.1, 0.15) is 32.1 Å². The zero-order valence-corrected chi connectivity index (χ0v) is 7.88. The summed E-state index contributed by atoms with van der Waals surface area (Å²) in [5, 5.41) is 3.60. The minimum Gasteiger partial charge on any atom is -0.380 e. The molecule has 2 heteroatoms. The number of fused-ring (bicyclic) bond motifs is 1. The SMILES string of the molecule is COC1CNC2CCCCC2C1. The fourth-order valence-corrected chi connectivity index (χ4v) is 2.64. The maximum atomic E-state index is 5.38. The van der Waals surface area contributed by atoms with Crippen molar-refractivity contribution in [1.29, 1.82) is 0 Å². The molecule has 0 bridgehead atoms. The lowest BCUT2D eigenvalue weighted by molar-refractivity contribution is 0.0344. The highest BCUT2D eigenvalue weighted by Crippen LogP contribution is 2.31.